The first-order chi connectivity index (χ1) is 9.65. The predicted octanol–water partition coefficient (Wildman–Crippen LogP) is 1.06. The number of nitrogens with zero attached hydrogens (tertiary/aromatic N) is 1. The van der Waals surface area contributed by atoms with Gasteiger partial charge in [0.05, 0.1) is 19.0 Å². The van der Waals surface area contributed by atoms with Crippen molar-refractivity contribution in [1.82, 2.24) is 10.7 Å². The van der Waals surface area contributed by atoms with Crippen molar-refractivity contribution in [2.45, 2.75) is 6.92 Å². The van der Waals surface area contributed by atoms with Crippen LogP contribution in [0.1, 0.15) is 22.1 Å². The lowest BCUT2D eigenvalue weighted by Crippen LogP contribution is -2.34. The summed E-state index contributed by atoms with van der Waals surface area (Å²) in [5.41, 5.74) is 2.27. The van der Waals surface area contributed by atoms with E-state index in [1.165, 1.54) is 18.5 Å². The summed E-state index contributed by atoms with van der Waals surface area (Å²) in [5.74, 6) is 0.512. The van der Waals surface area contributed by atoms with Crippen molar-refractivity contribution >= 4 is 18.0 Å². The minimum absolute atomic E-state index is 0.146. The molecule has 0 aliphatic carbocycles. The second-order valence-corrected chi connectivity index (χ2v) is 3.90. The molecular formula is C13H13N3O4. The van der Waals surface area contributed by atoms with E-state index in [1.807, 2.05) is 0 Å². The van der Waals surface area contributed by atoms with Gasteiger partial charge < -0.3 is 14.2 Å². The Morgan fingerprint density at radius 1 is 1.35 bits per heavy atom. The minimum Gasteiger partial charge on any atom is -0.460 e. The standard InChI is InChI=1S/C13H13N3O4/c1-9-4-5-10(20-9)7-15-16-12(17)8-14-13(18)11-3-2-6-19-11/h2-7H,8H2,1H3,(H,14,18)(H,16,17). The summed E-state index contributed by atoms with van der Waals surface area (Å²) < 4.78 is 10.1. The monoisotopic (exact) mass is 275 g/mol. The summed E-state index contributed by atoms with van der Waals surface area (Å²) >= 11 is 0. The molecule has 0 unspecified atom stereocenters. The third-order valence-corrected chi connectivity index (χ3v) is 2.30. The molecular weight excluding hydrogens is 262 g/mol. The zero-order valence-electron chi connectivity index (χ0n) is 10.8. The Morgan fingerprint density at radius 2 is 2.20 bits per heavy atom. The molecule has 0 fully saturated rings. The predicted molar refractivity (Wildman–Crippen MR) is 70.2 cm³/mol. The van der Waals surface area contributed by atoms with Crippen LogP contribution < -0.4 is 10.7 Å². The van der Waals surface area contributed by atoms with Gasteiger partial charge in [0.15, 0.2) is 5.76 Å². The van der Waals surface area contributed by atoms with Gasteiger partial charge >= 0.3 is 0 Å². The highest BCUT2D eigenvalue weighted by molar-refractivity contribution is 5.94. The van der Waals surface area contributed by atoms with Crippen molar-refractivity contribution in [1.29, 1.82) is 0 Å². The molecule has 0 saturated heterocycles. The Bertz CT molecular complexity index is 613. The van der Waals surface area contributed by atoms with Gasteiger partial charge in [-0.1, -0.05) is 0 Å². The van der Waals surface area contributed by atoms with Crippen LogP contribution in [0.5, 0.6) is 0 Å². The van der Waals surface area contributed by atoms with Crippen molar-refractivity contribution in [3.05, 3.63) is 47.8 Å². The van der Waals surface area contributed by atoms with E-state index in [0.717, 1.165) is 5.76 Å². The third kappa shape index (κ3) is 3.84. The maximum Gasteiger partial charge on any atom is 0.287 e. The Balaban J connectivity index is 1.73. The first-order valence-electron chi connectivity index (χ1n) is 5.85. The van der Waals surface area contributed by atoms with Crippen LogP contribution in [0, 0.1) is 6.92 Å². The number of nitrogens with one attached hydrogen (secondary N) is 2. The van der Waals surface area contributed by atoms with Crippen LogP contribution in [-0.2, 0) is 4.79 Å². The van der Waals surface area contributed by atoms with E-state index in [2.05, 4.69) is 15.8 Å². The number of hydrazone groups is 1. The second-order valence-electron chi connectivity index (χ2n) is 3.90. The van der Waals surface area contributed by atoms with Gasteiger partial charge in [-0.15, -0.1) is 0 Å². The lowest BCUT2D eigenvalue weighted by atomic mass is 10.4. The molecule has 0 spiro atoms. The summed E-state index contributed by atoms with van der Waals surface area (Å²) in [6.07, 6.45) is 2.75. The number of hydrogen-bond donors (Lipinski definition) is 2. The van der Waals surface area contributed by atoms with E-state index >= 15 is 0 Å². The molecule has 2 heterocycles. The van der Waals surface area contributed by atoms with Crippen LogP contribution in [0.4, 0.5) is 0 Å². The Labute approximate surface area is 114 Å². The molecule has 20 heavy (non-hydrogen) atoms. The first-order valence-corrected chi connectivity index (χ1v) is 5.85. The molecule has 0 aromatic carbocycles. The largest absolute Gasteiger partial charge is 0.460 e. The van der Waals surface area contributed by atoms with Crippen molar-refractivity contribution in [2.75, 3.05) is 6.54 Å². The van der Waals surface area contributed by atoms with Crippen molar-refractivity contribution in [3.63, 3.8) is 0 Å². The van der Waals surface area contributed by atoms with Gasteiger partial charge in [0.25, 0.3) is 11.8 Å². The second kappa shape index (κ2) is 6.37. The highest BCUT2D eigenvalue weighted by Gasteiger charge is 2.09. The number of rotatable bonds is 5. The smallest absolute Gasteiger partial charge is 0.287 e. The molecule has 0 atom stereocenters. The normalized spacial score (nSPS) is 10.7. The third-order valence-electron chi connectivity index (χ3n) is 2.30. The van der Waals surface area contributed by atoms with Crippen molar-refractivity contribution in [3.8, 4) is 0 Å². The molecule has 0 aliphatic rings. The van der Waals surface area contributed by atoms with Crippen LogP contribution in [0.25, 0.3) is 0 Å². The minimum atomic E-state index is -0.462. The highest BCUT2D eigenvalue weighted by Crippen LogP contribution is 2.02. The molecule has 0 radical (unpaired) electrons. The average molecular weight is 275 g/mol. The molecule has 2 amide bonds. The number of hydrogen-bond acceptors (Lipinski definition) is 5. The van der Waals surface area contributed by atoms with E-state index in [1.54, 1.807) is 25.1 Å². The van der Waals surface area contributed by atoms with E-state index in [4.69, 9.17) is 8.83 Å². The van der Waals surface area contributed by atoms with Gasteiger partial charge in [-0.05, 0) is 31.2 Å². The molecule has 7 heteroatoms. The summed E-state index contributed by atoms with van der Waals surface area (Å²) in [6.45, 7) is 1.61. The molecule has 0 bridgehead atoms. The van der Waals surface area contributed by atoms with Gasteiger partial charge in [0.2, 0.25) is 0 Å². The van der Waals surface area contributed by atoms with Gasteiger partial charge in [-0.2, -0.15) is 5.10 Å². The topological polar surface area (TPSA) is 96.8 Å². The van der Waals surface area contributed by atoms with Gasteiger partial charge in [-0.25, -0.2) is 5.43 Å². The molecule has 7 nitrogen and oxygen atoms in total. The summed E-state index contributed by atoms with van der Waals surface area (Å²) in [5, 5.41) is 6.10. The molecule has 2 rings (SSSR count). The van der Waals surface area contributed by atoms with Crippen LogP contribution in [0.3, 0.4) is 0 Å². The van der Waals surface area contributed by atoms with Crippen LogP contribution in [-0.4, -0.2) is 24.6 Å². The fourth-order valence-electron chi connectivity index (χ4n) is 1.39. The van der Waals surface area contributed by atoms with E-state index < -0.39 is 11.8 Å². The zero-order valence-corrected chi connectivity index (χ0v) is 10.8. The van der Waals surface area contributed by atoms with Crippen molar-refractivity contribution in [2.24, 2.45) is 5.10 Å². The molecule has 104 valence electrons. The summed E-state index contributed by atoms with van der Waals surface area (Å²) in [7, 11) is 0. The van der Waals surface area contributed by atoms with Crippen molar-refractivity contribution < 1.29 is 18.4 Å². The molecule has 2 aromatic heterocycles. The summed E-state index contributed by atoms with van der Waals surface area (Å²) in [6, 6.07) is 6.60. The molecule has 2 N–H and O–H groups in total. The van der Waals surface area contributed by atoms with Gasteiger partial charge in [0.1, 0.15) is 11.5 Å². The van der Waals surface area contributed by atoms with Crippen LogP contribution >= 0.6 is 0 Å². The van der Waals surface area contributed by atoms with E-state index in [-0.39, 0.29) is 12.3 Å². The molecule has 0 aliphatic heterocycles. The SMILES string of the molecule is Cc1ccc(C=NNC(=O)CNC(=O)c2ccco2)o1. The Hall–Kier alpha value is -2.83. The fraction of sp³-hybridized carbons (Fsp3) is 0.154. The van der Waals surface area contributed by atoms with Gasteiger partial charge in [-0.3, -0.25) is 9.59 Å². The van der Waals surface area contributed by atoms with E-state index in [9.17, 15) is 9.59 Å². The quantitative estimate of drug-likeness (QED) is 0.630. The van der Waals surface area contributed by atoms with Crippen LogP contribution in [0.15, 0.2) is 44.5 Å². The van der Waals surface area contributed by atoms with Gasteiger partial charge in [0, 0.05) is 0 Å². The summed E-state index contributed by atoms with van der Waals surface area (Å²) in [4.78, 5) is 22.9. The number of aryl methyl sites for hydroxylation is 1. The van der Waals surface area contributed by atoms with E-state index in [0.29, 0.717) is 5.76 Å². The highest BCUT2D eigenvalue weighted by atomic mass is 16.3. The Kier molecular flexibility index (Phi) is 4.33. The first kappa shape index (κ1) is 13.6. The molecule has 2 aromatic rings. The maximum absolute atomic E-state index is 11.5. The number of amides is 2. The fourth-order valence-corrected chi connectivity index (χ4v) is 1.39. The number of furan rings is 2. The molecule has 0 saturated carbocycles. The average Bonchev–Trinajstić information content (AvgIpc) is 3.07. The maximum atomic E-state index is 11.5. The zero-order chi connectivity index (χ0) is 14.4. The lowest BCUT2D eigenvalue weighted by molar-refractivity contribution is -0.120. The lowest BCUT2D eigenvalue weighted by Gasteiger charge is -2.01. The Morgan fingerprint density at radius 3 is 2.85 bits per heavy atom. The number of carbonyl (C=O) groups is 2. The van der Waals surface area contributed by atoms with Crippen LogP contribution in [0.2, 0.25) is 0 Å². The number of carbonyl (C=O) groups excluding carboxylic acids is 2.